The molecule has 0 saturated carbocycles. The molecule has 0 saturated heterocycles. The van der Waals surface area contributed by atoms with Crippen molar-refractivity contribution in [3.8, 4) is 11.4 Å². The predicted molar refractivity (Wildman–Crippen MR) is 151 cm³/mol. The van der Waals surface area contributed by atoms with E-state index in [4.69, 9.17) is 9.47 Å². The van der Waals surface area contributed by atoms with E-state index in [1.54, 1.807) is 64.2 Å². The Kier molecular flexibility index (Phi) is 8.65. The third kappa shape index (κ3) is 7.24. The first-order valence-electron chi connectivity index (χ1n) is 13.1. The molecule has 10 nitrogen and oxygen atoms in total. The third-order valence-electron chi connectivity index (χ3n) is 5.90. The molecule has 0 aliphatic carbocycles. The minimum absolute atomic E-state index is 0.0141. The van der Waals surface area contributed by atoms with Gasteiger partial charge in [-0.3, -0.25) is 9.59 Å². The first kappa shape index (κ1) is 29.2. The molecule has 2 aromatic heterocycles. The lowest BCUT2D eigenvalue weighted by Gasteiger charge is -2.19. The highest BCUT2D eigenvalue weighted by Gasteiger charge is 2.21. The Morgan fingerprint density at radius 2 is 1.83 bits per heavy atom. The number of anilines is 1. The maximum absolute atomic E-state index is 15.6. The minimum atomic E-state index is -0.695. The van der Waals surface area contributed by atoms with Crippen molar-refractivity contribution in [3.05, 3.63) is 82.9 Å². The molecular formula is C30H32FN5O5. The van der Waals surface area contributed by atoms with E-state index in [0.29, 0.717) is 16.8 Å². The van der Waals surface area contributed by atoms with Gasteiger partial charge in [0.15, 0.2) is 11.5 Å². The summed E-state index contributed by atoms with van der Waals surface area (Å²) in [6.07, 6.45) is 0.932. The van der Waals surface area contributed by atoms with E-state index in [1.807, 2.05) is 13.0 Å². The number of carbonyl (C=O) groups is 3. The lowest BCUT2D eigenvalue weighted by Crippen LogP contribution is -2.32. The van der Waals surface area contributed by atoms with Crippen molar-refractivity contribution >= 4 is 29.2 Å². The summed E-state index contributed by atoms with van der Waals surface area (Å²) in [4.78, 5) is 42.2. The maximum Gasteiger partial charge on any atom is 0.407 e. The average molecular weight is 562 g/mol. The van der Waals surface area contributed by atoms with Crippen LogP contribution in [0, 0.1) is 12.7 Å². The lowest BCUT2D eigenvalue weighted by atomic mass is 10.1. The Morgan fingerprint density at radius 1 is 1.05 bits per heavy atom. The van der Waals surface area contributed by atoms with Gasteiger partial charge in [-0.15, -0.1) is 5.10 Å². The van der Waals surface area contributed by atoms with Gasteiger partial charge in [0, 0.05) is 24.0 Å². The highest BCUT2D eigenvalue weighted by atomic mass is 19.1. The van der Waals surface area contributed by atoms with Crippen LogP contribution in [0.15, 0.2) is 54.7 Å². The largest absolute Gasteiger partial charge is 0.466 e. The fourth-order valence-corrected chi connectivity index (χ4v) is 4.10. The van der Waals surface area contributed by atoms with Crippen LogP contribution in [0.2, 0.25) is 0 Å². The summed E-state index contributed by atoms with van der Waals surface area (Å²) >= 11 is 0. The summed E-state index contributed by atoms with van der Waals surface area (Å²) < 4.78 is 27.3. The summed E-state index contributed by atoms with van der Waals surface area (Å²) in [6.45, 7) is 8.91. The van der Waals surface area contributed by atoms with E-state index >= 15 is 4.39 Å². The van der Waals surface area contributed by atoms with Gasteiger partial charge in [-0.2, -0.15) is 0 Å². The highest BCUT2D eigenvalue weighted by molar-refractivity contribution is 6.08. The zero-order valence-corrected chi connectivity index (χ0v) is 23.6. The fourth-order valence-electron chi connectivity index (χ4n) is 4.10. The topological polar surface area (TPSA) is 124 Å². The van der Waals surface area contributed by atoms with E-state index < -0.39 is 29.4 Å². The zero-order valence-electron chi connectivity index (χ0n) is 23.6. The van der Waals surface area contributed by atoms with Gasteiger partial charge < -0.3 is 20.1 Å². The molecule has 0 aliphatic heterocycles. The van der Waals surface area contributed by atoms with Gasteiger partial charge in [0.05, 0.1) is 24.1 Å². The van der Waals surface area contributed by atoms with Crippen LogP contribution in [0.4, 0.5) is 14.9 Å². The molecule has 0 radical (unpaired) electrons. The molecule has 2 aromatic carbocycles. The van der Waals surface area contributed by atoms with Crippen molar-refractivity contribution in [2.45, 2.75) is 53.2 Å². The second-order valence-electron chi connectivity index (χ2n) is 10.4. The van der Waals surface area contributed by atoms with Crippen molar-refractivity contribution < 1.29 is 28.2 Å². The molecule has 11 heteroatoms. The predicted octanol–water partition coefficient (Wildman–Crippen LogP) is 5.23. The first-order valence-corrected chi connectivity index (χ1v) is 13.1. The van der Waals surface area contributed by atoms with Crippen molar-refractivity contribution in [1.29, 1.82) is 0 Å². The van der Waals surface area contributed by atoms with Gasteiger partial charge in [0.1, 0.15) is 11.4 Å². The third-order valence-corrected chi connectivity index (χ3v) is 5.90. The Labute approximate surface area is 236 Å². The standard InChI is InChI=1S/C30H32FN5O5/c1-6-40-24(37)16-19-13-12-18(2)15-22(19)33-28(38)26-23-11-8-14-36(23)35-27(34-26)21-10-7-9-20(25(21)31)17-32-29(39)41-30(3,4)5/h7-15H,6,16-17H2,1-5H3,(H,32,39)(H,33,38). The molecule has 4 aromatic rings. The van der Waals surface area contributed by atoms with Gasteiger partial charge in [-0.05, 0) is 70.0 Å². The summed E-state index contributed by atoms with van der Waals surface area (Å²) in [5, 5.41) is 9.80. The molecule has 0 bridgehead atoms. The number of carbonyl (C=O) groups excluding carboxylic acids is 3. The SMILES string of the molecule is CCOC(=O)Cc1ccc(C)cc1NC(=O)c1nc(-c2cccc(CNC(=O)OC(C)(C)C)c2F)nn2cccc12. The Hall–Kier alpha value is -4.80. The molecule has 214 valence electrons. The minimum Gasteiger partial charge on any atom is -0.466 e. The number of nitrogens with one attached hydrogen (secondary N) is 2. The molecule has 2 N–H and O–H groups in total. The van der Waals surface area contributed by atoms with Crippen LogP contribution in [0.1, 0.15) is 54.9 Å². The van der Waals surface area contributed by atoms with E-state index in [-0.39, 0.29) is 42.2 Å². The van der Waals surface area contributed by atoms with Crippen LogP contribution < -0.4 is 10.6 Å². The number of fused-ring (bicyclic) bond motifs is 1. The quantitative estimate of drug-likeness (QED) is 0.283. The van der Waals surface area contributed by atoms with E-state index in [9.17, 15) is 14.4 Å². The smallest absolute Gasteiger partial charge is 0.407 e. The molecule has 0 spiro atoms. The molecule has 0 unspecified atom stereocenters. The number of hydrogen-bond acceptors (Lipinski definition) is 7. The number of amides is 2. The number of ether oxygens (including phenoxy) is 2. The Balaban J connectivity index is 1.65. The lowest BCUT2D eigenvalue weighted by molar-refractivity contribution is -0.142. The number of alkyl carbamates (subject to hydrolysis) is 1. The Bertz CT molecular complexity index is 1610. The summed E-state index contributed by atoms with van der Waals surface area (Å²) in [7, 11) is 0. The van der Waals surface area contributed by atoms with Crippen LogP contribution in [-0.2, 0) is 27.2 Å². The highest BCUT2D eigenvalue weighted by Crippen LogP contribution is 2.25. The van der Waals surface area contributed by atoms with Crippen molar-refractivity contribution in [3.63, 3.8) is 0 Å². The van der Waals surface area contributed by atoms with Crippen LogP contribution in [0.3, 0.4) is 0 Å². The van der Waals surface area contributed by atoms with Gasteiger partial charge in [-0.25, -0.2) is 18.7 Å². The molecule has 0 atom stereocenters. The monoisotopic (exact) mass is 561 g/mol. The van der Waals surface area contributed by atoms with E-state index in [0.717, 1.165) is 5.56 Å². The van der Waals surface area contributed by atoms with Crippen LogP contribution >= 0.6 is 0 Å². The number of benzene rings is 2. The fraction of sp³-hybridized carbons (Fsp3) is 0.300. The summed E-state index contributed by atoms with van der Waals surface area (Å²) in [6, 6.07) is 13.4. The molecule has 4 rings (SSSR count). The van der Waals surface area contributed by atoms with Gasteiger partial charge in [-0.1, -0.05) is 24.3 Å². The number of esters is 1. The first-order chi connectivity index (χ1) is 19.4. The number of aromatic nitrogens is 3. The van der Waals surface area contributed by atoms with Crippen molar-refractivity contribution in [1.82, 2.24) is 19.9 Å². The second-order valence-corrected chi connectivity index (χ2v) is 10.4. The number of halogens is 1. The molecule has 0 aliphatic rings. The van der Waals surface area contributed by atoms with Crippen LogP contribution in [0.5, 0.6) is 0 Å². The van der Waals surface area contributed by atoms with E-state index in [2.05, 4.69) is 20.7 Å². The Morgan fingerprint density at radius 3 is 2.56 bits per heavy atom. The number of rotatable bonds is 8. The molecule has 2 heterocycles. The van der Waals surface area contributed by atoms with Gasteiger partial charge >= 0.3 is 12.1 Å². The zero-order chi connectivity index (χ0) is 29.7. The molecule has 2 amide bonds. The van der Waals surface area contributed by atoms with Crippen molar-refractivity contribution in [2.75, 3.05) is 11.9 Å². The number of nitrogens with zero attached hydrogens (tertiary/aromatic N) is 3. The molecule has 41 heavy (non-hydrogen) atoms. The normalized spacial score (nSPS) is 11.3. The van der Waals surface area contributed by atoms with Crippen LogP contribution in [-0.4, -0.2) is 44.8 Å². The summed E-state index contributed by atoms with van der Waals surface area (Å²) in [5.74, 6) is -1.64. The maximum atomic E-state index is 15.6. The summed E-state index contributed by atoms with van der Waals surface area (Å²) in [5.41, 5.74) is 1.88. The second kappa shape index (κ2) is 12.2. The molecule has 0 fully saturated rings. The number of aryl methyl sites for hydroxylation is 1. The van der Waals surface area contributed by atoms with Gasteiger partial charge in [0.25, 0.3) is 5.91 Å². The van der Waals surface area contributed by atoms with Gasteiger partial charge in [0.2, 0.25) is 0 Å². The molecular weight excluding hydrogens is 529 g/mol. The number of hydrogen-bond donors (Lipinski definition) is 2. The van der Waals surface area contributed by atoms with E-state index in [1.165, 1.54) is 16.6 Å². The van der Waals surface area contributed by atoms with Crippen LogP contribution in [0.25, 0.3) is 16.9 Å². The van der Waals surface area contributed by atoms with Crippen molar-refractivity contribution in [2.24, 2.45) is 0 Å². The average Bonchev–Trinajstić information content (AvgIpc) is 3.37.